The third-order valence-corrected chi connectivity index (χ3v) is 2.40. The van der Waals surface area contributed by atoms with Gasteiger partial charge in [-0.15, -0.1) is 0 Å². The number of rotatable bonds is 4. The van der Waals surface area contributed by atoms with Crippen molar-refractivity contribution < 1.29 is 15.0 Å². The SMILES string of the molecule is O=C(O)CCNc1nccc2cccc(O)c12. The van der Waals surface area contributed by atoms with E-state index in [1.54, 1.807) is 24.4 Å². The first-order chi connectivity index (χ1) is 8.18. The molecule has 88 valence electrons. The highest BCUT2D eigenvalue weighted by Gasteiger charge is 2.06. The highest BCUT2D eigenvalue weighted by Crippen LogP contribution is 2.29. The van der Waals surface area contributed by atoms with Gasteiger partial charge in [-0.3, -0.25) is 4.79 Å². The molecular weight excluding hydrogens is 220 g/mol. The maximum Gasteiger partial charge on any atom is 0.305 e. The Morgan fingerprint density at radius 1 is 1.35 bits per heavy atom. The number of carbonyl (C=O) groups is 1. The third-order valence-electron chi connectivity index (χ3n) is 2.40. The van der Waals surface area contributed by atoms with Gasteiger partial charge in [0.25, 0.3) is 0 Å². The monoisotopic (exact) mass is 232 g/mol. The molecule has 0 saturated heterocycles. The number of hydrogen-bond acceptors (Lipinski definition) is 4. The van der Waals surface area contributed by atoms with E-state index in [-0.39, 0.29) is 18.7 Å². The molecule has 0 spiro atoms. The van der Waals surface area contributed by atoms with Crippen LogP contribution in [0.3, 0.4) is 0 Å². The van der Waals surface area contributed by atoms with E-state index in [0.29, 0.717) is 11.2 Å². The summed E-state index contributed by atoms with van der Waals surface area (Å²) in [7, 11) is 0. The number of carboxylic acids is 1. The van der Waals surface area contributed by atoms with Gasteiger partial charge in [-0.05, 0) is 17.5 Å². The molecule has 5 nitrogen and oxygen atoms in total. The number of carboxylic acid groups (broad SMARTS) is 1. The molecule has 5 heteroatoms. The van der Waals surface area contributed by atoms with Gasteiger partial charge in [0.1, 0.15) is 11.6 Å². The van der Waals surface area contributed by atoms with E-state index in [4.69, 9.17) is 5.11 Å². The van der Waals surface area contributed by atoms with Gasteiger partial charge in [0.2, 0.25) is 0 Å². The predicted molar refractivity (Wildman–Crippen MR) is 64.2 cm³/mol. The fourth-order valence-corrected chi connectivity index (χ4v) is 1.63. The van der Waals surface area contributed by atoms with Crippen molar-refractivity contribution in [2.24, 2.45) is 0 Å². The van der Waals surface area contributed by atoms with Crippen LogP contribution in [-0.4, -0.2) is 27.7 Å². The number of nitrogens with one attached hydrogen (secondary N) is 1. The van der Waals surface area contributed by atoms with E-state index in [9.17, 15) is 9.90 Å². The van der Waals surface area contributed by atoms with Crippen LogP contribution in [0.15, 0.2) is 30.5 Å². The van der Waals surface area contributed by atoms with Crippen LogP contribution in [0.1, 0.15) is 6.42 Å². The van der Waals surface area contributed by atoms with Crippen molar-refractivity contribution in [1.82, 2.24) is 4.98 Å². The molecule has 0 amide bonds. The van der Waals surface area contributed by atoms with Crippen molar-refractivity contribution >= 4 is 22.6 Å². The van der Waals surface area contributed by atoms with Crippen molar-refractivity contribution in [3.63, 3.8) is 0 Å². The number of anilines is 1. The normalized spacial score (nSPS) is 10.4. The Labute approximate surface area is 97.7 Å². The smallest absolute Gasteiger partial charge is 0.305 e. The van der Waals surface area contributed by atoms with Crippen molar-refractivity contribution in [1.29, 1.82) is 0 Å². The third kappa shape index (κ3) is 2.44. The van der Waals surface area contributed by atoms with Crippen molar-refractivity contribution in [3.8, 4) is 5.75 Å². The quantitative estimate of drug-likeness (QED) is 0.749. The molecule has 0 unspecified atom stereocenters. The standard InChI is InChI=1S/C12H12N2O3/c15-9-3-1-2-8-4-6-13-12(11(8)9)14-7-5-10(16)17/h1-4,6,15H,5,7H2,(H,13,14)(H,16,17). The maximum atomic E-state index is 10.4. The minimum atomic E-state index is -0.873. The van der Waals surface area contributed by atoms with Gasteiger partial charge in [0.15, 0.2) is 0 Å². The summed E-state index contributed by atoms with van der Waals surface area (Å²) < 4.78 is 0. The average Bonchev–Trinajstić information content (AvgIpc) is 2.29. The maximum absolute atomic E-state index is 10.4. The minimum Gasteiger partial charge on any atom is -0.507 e. The van der Waals surface area contributed by atoms with E-state index in [1.807, 2.05) is 6.07 Å². The Morgan fingerprint density at radius 3 is 2.94 bits per heavy atom. The van der Waals surface area contributed by atoms with Crippen LogP contribution < -0.4 is 5.32 Å². The molecular formula is C12H12N2O3. The van der Waals surface area contributed by atoms with Crippen molar-refractivity contribution in [3.05, 3.63) is 30.5 Å². The van der Waals surface area contributed by atoms with Gasteiger partial charge >= 0.3 is 5.97 Å². The summed E-state index contributed by atoms with van der Waals surface area (Å²) in [5.41, 5.74) is 0. The molecule has 1 heterocycles. The number of aromatic hydroxyl groups is 1. The summed E-state index contributed by atoms with van der Waals surface area (Å²) in [5.74, 6) is -0.239. The lowest BCUT2D eigenvalue weighted by atomic mass is 10.1. The predicted octanol–water partition coefficient (Wildman–Crippen LogP) is 1.83. The molecule has 3 N–H and O–H groups in total. The largest absolute Gasteiger partial charge is 0.507 e. The van der Waals surface area contributed by atoms with Crippen LogP contribution >= 0.6 is 0 Å². The first-order valence-electron chi connectivity index (χ1n) is 5.21. The van der Waals surface area contributed by atoms with Crippen LogP contribution in [0.2, 0.25) is 0 Å². The topological polar surface area (TPSA) is 82.5 Å². The van der Waals surface area contributed by atoms with Crippen LogP contribution in [0, 0.1) is 0 Å². The fraction of sp³-hybridized carbons (Fsp3) is 0.167. The molecule has 0 bridgehead atoms. The Morgan fingerprint density at radius 2 is 2.18 bits per heavy atom. The number of benzene rings is 1. The van der Waals surface area contributed by atoms with E-state index in [1.165, 1.54) is 0 Å². The molecule has 0 aliphatic carbocycles. The molecule has 2 rings (SSSR count). The molecule has 2 aromatic rings. The highest BCUT2D eigenvalue weighted by molar-refractivity contribution is 5.96. The van der Waals surface area contributed by atoms with Gasteiger partial charge in [0.05, 0.1) is 11.8 Å². The molecule has 0 fully saturated rings. The Hall–Kier alpha value is -2.30. The lowest BCUT2D eigenvalue weighted by Gasteiger charge is -2.08. The Bertz CT molecular complexity index is 549. The van der Waals surface area contributed by atoms with E-state index >= 15 is 0 Å². The second-order valence-electron chi connectivity index (χ2n) is 3.61. The van der Waals surface area contributed by atoms with Crippen LogP contribution in [-0.2, 0) is 4.79 Å². The number of pyridine rings is 1. The lowest BCUT2D eigenvalue weighted by Crippen LogP contribution is -2.08. The second kappa shape index (κ2) is 4.69. The number of aliphatic carboxylic acids is 1. The average molecular weight is 232 g/mol. The van der Waals surface area contributed by atoms with Crippen molar-refractivity contribution in [2.75, 3.05) is 11.9 Å². The molecule has 17 heavy (non-hydrogen) atoms. The second-order valence-corrected chi connectivity index (χ2v) is 3.61. The van der Waals surface area contributed by atoms with E-state index in [0.717, 1.165) is 5.39 Å². The lowest BCUT2D eigenvalue weighted by molar-refractivity contribution is -0.136. The van der Waals surface area contributed by atoms with Gasteiger partial charge < -0.3 is 15.5 Å². The summed E-state index contributed by atoms with van der Waals surface area (Å²) in [4.78, 5) is 14.5. The molecule has 1 aromatic carbocycles. The number of fused-ring (bicyclic) bond motifs is 1. The van der Waals surface area contributed by atoms with Gasteiger partial charge in [-0.25, -0.2) is 4.98 Å². The van der Waals surface area contributed by atoms with Gasteiger partial charge in [-0.2, -0.15) is 0 Å². The molecule has 0 saturated carbocycles. The van der Waals surface area contributed by atoms with E-state index in [2.05, 4.69) is 10.3 Å². The first-order valence-corrected chi connectivity index (χ1v) is 5.21. The fourth-order valence-electron chi connectivity index (χ4n) is 1.63. The van der Waals surface area contributed by atoms with Gasteiger partial charge in [0, 0.05) is 12.7 Å². The summed E-state index contributed by atoms with van der Waals surface area (Å²) in [6.45, 7) is 0.274. The number of nitrogens with zero attached hydrogens (tertiary/aromatic N) is 1. The minimum absolute atomic E-state index is 0.00562. The number of hydrogen-bond donors (Lipinski definition) is 3. The van der Waals surface area contributed by atoms with Crippen molar-refractivity contribution in [2.45, 2.75) is 6.42 Å². The molecule has 0 radical (unpaired) electrons. The molecule has 0 aliphatic heterocycles. The summed E-state index contributed by atoms with van der Waals surface area (Å²) >= 11 is 0. The Balaban J connectivity index is 2.30. The van der Waals surface area contributed by atoms with E-state index < -0.39 is 5.97 Å². The number of phenols is 1. The molecule has 1 aromatic heterocycles. The summed E-state index contributed by atoms with van der Waals surface area (Å²) in [6.07, 6.45) is 1.62. The number of phenolic OH excluding ortho intramolecular Hbond substituents is 1. The number of aromatic nitrogens is 1. The summed E-state index contributed by atoms with van der Waals surface area (Å²) in [5, 5.41) is 22.7. The zero-order valence-electron chi connectivity index (χ0n) is 9.05. The van der Waals surface area contributed by atoms with Gasteiger partial charge in [-0.1, -0.05) is 12.1 Å². The Kier molecular flexibility index (Phi) is 3.09. The first kappa shape index (κ1) is 11.2. The van der Waals surface area contributed by atoms with Crippen LogP contribution in [0.5, 0.6) is 5.75 Å². The molecule has 0 atom stereocenters. The molecule has 0 aliphatic rings. The zero-order valence-corrected chi connectivity index (χ0v) is 9.05. The highest BCUT2D eigenvalue weighted by atomic mass is 16.4. The zero-order chi connectivity index (χ0) is 12.3. The van der Waals surface area contributed by atoms with Crippen LogP contribution in [0.4, 0.5) is 5.82 Å². The van der Waals surface area contributed by atoms with Crippen LogP contribution in [0.25, 0.3) is 10.8 Å². The summed E-state index contributed by atoms with van der Waals surface area (Å²) in [6, 6.07) is 6.97.